The van der Waals surface area contributed by atoms with Gasteiger partial charge in [0.1, 0.15) is 23.3 Å². The third-order valence-electron chi connectivity index (χ3n) is 6.24. The fourth-order valence-corrected chi connectivity index (χ4v) is 4.43. The number of para-hydroxylation sites is 1. The number of nitrogens with one attached hydrogen (secondary N) is 1. The lowest BCUT2D eigenvalue weighted by Crippen LogP contribution is -2.20. The second-order valence-corrected chi connectivity index (χ2v) is 8.37. The lowest BCUT2D eigenvalue weighted by atomic mass is 9.86. The Balaban J connectivity index is 1.76. The van der Waals surface area contributed by atoms with Crippen molar-refractivity contribution in [2.75, 3.05) is 7.11 Å². The van der Waals surface area contributed by atoms with E-state index in [1.165, 1.54) is 37.6 Å². The van der Waals surface area contributed by atoms with Crippen molar-refractivity contribution in [2.45, 2.75) is 12.3 Å². The van der Waals surface area contributed by atoms with Gasteiger partial charge in [-0.05, 0) is 47.3 Å². The largest absolute Gasteiger partial charge is 0.508 e. The van der Waals surface area contributed by atoms with Crippen LogP contribution in [0.25, 0.3) is 33.0 Å². The van der Waals surface area contributed by atoms with E-state index in [0.717, 1.165) is 5.39 Å². The van der Waals surface area contributed by atoms with Crippen LogP contribution in [0.4, 0.5) is 0 Å². The third-order valence-corrected chi connectivity index (χ3v) is 6.24. The summed E-state index contributed by atoms with van der Waals surface area (Å²) in [7, 11) is 1.23. The number of ether oxygens (including phenoxy) is 1. The minimum atomic E-state index is -0.961. The number of phenols is 2. The van der Waals surface area contributed by atoms with Gasteiger partial charge in [0.15, 0.2) is 0 Å². The molecule has 180 valence electrons. The van der Waals surface area contributed by atoms with Gasteiger partial charge in [0.25, 0.3) is 5.56 Å². The molecule has 0 aliphatic rings. The third kappa shape index (κ3) is 3.98. The number of carbonyl (C=O) groups is 1. The first kappa shape index (κ1) is 22.9. The van der Waals surface area contributed by atoms with Gasteiger partial charge in [-0.3, -0.25) is 14.4 Å². The van der Waals surface area contributed by atoms with Gasteiger partial charge in [-0.15, -0.1) is 0 Å². The Morgan fingerprint density at radius 2 is 1.78 bits per heavy atom. The first-order chi connectivity index (χ1) is 17.4. The van der Waals surface area contributed by atoms with Gasteiger partial charge in [0.05, 0.1) is 24.5 Å². The maximum atomic E-state index is 13.4. The molecule has 36 heavy (non-hydrogen) atoms. The molecule has 0 fully saturated rings. The van der Waals surface area contributed by atoms with Gasteiger partial charge in [0, 0.05) is 22.6 Å². The molecule has 0 unspecified atom stereocenters. The molecular formula is C28H21NO7. The molecule has 5 aromatic rings. The normalized spacial score (nSPS) is 12.0. The summed E-state index contributed by atoms with van der Waals surface area (Å²) >= 11 is 0. The molecule has 0 saturated carbocycles. The monoisotopic (exact) mass is 483 g/mol. The molecule has 1 atom stereocenters. The number of aromatic nitrogens is 1. The lowest BCUT2D eigenvalue weighted by molar-refractivity contribution is -0.140. The predicted molar refractivity (Wildman–Crippen MR) is 134 cm³/mol. The van der Waals surface area contributed by atoms with Crippen molar-refractivity contribution >= 4 is 27.8 Å². The number of H-pyrrole nitrogens is 1. The average molecular weight is 483 g/mol. The molecule has 3 aromatic carbocycles. The quantitative estimate of drug-likeness (QED) is 0.316. The number of methoxy groups -OCH3 is 1. The minimum absolute atomic E-state index is 0.0578. The van der Waals surface area contributed by atoms with E-state index in [9.17, 15) is 24.6 Å². The Morgan fingerprint density at radius 3 is 2.53 bits per heavy atom. The van der Waals surface area contributed by atoms with Crippen molar-refractivity contribution in [1.29, 1.82) is 0 Å². The van der Waals surface area contributed by atoms with Crippen LogP contribution in [0.15, 0.2) is 87.0 Å². The molecule has 0 aliphatic carbocycles. The number of benzene rings is 3. The van der Waals surface area contributed by atoms with Crippen molar-refractivity contribution in [3.05, 3.63) is 105 Å². The topological polar surface area (TPSA) is 130 Å². The fraction of sp³-hybridized carbons (Fsp3) is 0.107. The van der Waals surface area contributed by atoms with Crippen molar-refractivity contribution in [3.63, 3.8) is 0 Å². The van der Waals surface area contributed by atoms with Gasteiger partial charge in [-0.2, -0.15) is 0 Å². The summed E-state index contributed by atoms with van der Waals surface area (Å²) in [4.78, 5) is 41.7. The molecule has 2 aromatic heterocycles. The van der Waals surface area contributed by atoms with Crippen molar-refractivity contribution < 1.29 is 24.2 Å². The molecule has 5 rings (SSSR count). The van der Waals surface area contributed by atoms with Gasteiger partial charge in [0.2, 0.25) is 5.43 Å². The zero-order valence-electron chi connectivity index (χ0n) is 19.1. The van der Waals surface area contributed by atoms with E-state index in [-0.39, 0.29) is 51.0 Å². The van der Waals surface area contributed by atoms with Crippen molar-refractivity contribution in [2.24, 2.45) is 0 Å². The van der Waals surface area contributed by atoms with Crippen molar-refractivity contribution in [3.8, 4) is 22.6 Å². The van der Waals surface area contributed by atoms with Gasteiger partial charge >= 0.3 is 5.97 Å². The number of esters is 1. The van der Waals surface area contributed by atoms with E-state index in [0.29, 0.717) is 11.1 Å². The number of hydrogen-bond donors (Lipinski definition) is 3. The summed E-state index contributed by atoms with van der Waals surface area (Å²) in [5.41, 5.74) is 1.01. The van der Waals surface area contributed by atoms with E-state index in [1.54, 1.807) is 30.3 Å². The highest BCUT2D eigenvalue weighted by Gasteiger charge is 2.28. The number of rotatable bonds is 5. The first-order valence-electron chi connectivity index (χ1n) is 11.1. The number of aromatic amines is 1. The molecule has 8 heteroatoms. The van der Waals surface area contributed by atoms with E-state index in [2.05, 4.69) is 4.98 Å². The van der Waals surface area contributed by atoms with Crippen LogP contribution in [-0.2, 0) is 9.53 Å². The Morgan fingerprint density at radius 1 is 1.03 bits per heavy atom. The molecule has 0 spiro atoms. The molecule has 2 heterocycles. The van der Waals surface area contributed by atoms with E-state index in [1.807, 2.05) is 12.1 Å². The number of aromatic hydroxyl groups is 2. The van der Waals surface area contributed by atoms with Crippen LogP contribution in [-0.4, -0.2) is 28.3 Å². The second kappa shape index (κ2) is 9.07. The molecule has 0 aliphatic heterocycles. The Bertz CT molecular complexity index is 1730. The summed E-state index contributed by atoms with van der Waals surface area (Å²) in [6.07, 6.45) is 0.994. The van der Waals surface area contributed by atoms with Gasteiger partial charge < -0.3 is 24.4 Å². The van der Waals surface area contributed by atoms with Crippen molar-refractivity contribution in [1.82, 2.24) is 4.98 Å². The molecule has 0 radical (unpaired) electrons. The Kier molecular flexibility index (Phi) is 5.77. The van der Waals surface area contributed by atoms with E-state index in [4.69, 9.17) is 9.15 Å². The van der Waals surface area contributed by atoms with Crippen LogP contribution < -0.4 is 11.0 Å². The highest BCUT2D eigenvalue weighted by Crippen LogP contribution is 2.39. The summed E-state index contributed by atoms with van der Waals surface area (Å²) in [6, 6.07) is 17.7. The number of phenolic OH excluding ortho intramolecular Hbond substituents is 2. The van der Waals surface area contributed by atoms with Crippen LogP contribution in [0.3, 0.4) is 0 Å². The maximum absolute atomic E-state index is 13.4. The van der Waals surface area contributed by atoms with Gasteiger partial charge in [-0.1, -0.05) is 30.3 Å². The number of carbonyl (C=O) groups excluding carboxylic acids is 1. The van der Waals surface area contributed by atoms with E-state index >= 15 is 0 Å². The summed E-state index contributed by atoms with van der Waals surface area (Å²) in [6.45, 7) is 0. The fourth-order valence-electron chi connectivity index (χ4n) is 4.43. The highest BCUT2D eigenvalue weighted by molar-refractivity contribution is 5.88. The summed E-state index contributed by atoms with van der Waals surface area (Å²) in [5.74, 6) is -1.74. The summed E-state index contributed by atoms with van der Waals surface area (Å²) in [5, 5.41) is 21.4. The first-order valence-corrected chi connectivity index (χ1v) is 11.1. The Hall–Kier alpha value is -4.85. The molecule has 0 bridgehead atoms. The standard InChI is InChI=1S/C28H21NO7/c1-35-24(32)13-19(20-12-16-4-2-3-5-22(16)29-28(20)34)25-23(31)11-10-18-26(33)21(14-36-27(18)25)15-6-8-17(30)9-7-15/h2-12,14,19,30-31H,13H2,1H3,(H,29,34)/t19-/m0/s1. The smallest absolute Gasteiger partial charge is 0.306 e. The average Bonchev–Trinajstić information content (AvgIpc) is 2.88. The molecule has 3 N–H and O–H groups in total. The van der Waals surface area contributed by atoms with Gasteiger partial charge in [-0.25, -0.2) is 0 Å². The van der Waals surface area contributed by atoms with Crippen LogP contribution >= 0.6 is 0 Å². The van der Waals surface area contributed by atoms with Crippen LogP contribution in [0, 0.1) is 0 Å². The number of fused-ring (bicyclic) bond motifs is 2. The Labute approximate surface area is 204 Å². The number of pyridine rings is 1. The number of hydrogen-bond acceptors (Lipinski definition) is 7. The molecule has 0 saturated heterocycles. The molecular weight excluding hydrogens is 462 g/mol. The highest BCUT2D eigenvalue weighted by atomic mass is 16.5. The zero-order valence-corrected chi connectivity index (χ0v) is 19.1. The second-order valence-electron chi connectivity index (χ2n) is 8.37. The summed E-state index contributed by atoms with van der Waals surface area (Å²) < 4.78 is 10.7. The van der Waals surface area contributed by atoms with Crippen LogP contribution in [0.1, 0.15) is 23.5 Å². The van der Waals surface area contributed by atoms with Crippen LogP contribution in [0.2, 0.25) is 0 Å². The molecule has 0 amide bonds. The SMILES string of the molecule is COC(=O)C[C@@H](c1cc2ccccc2[nH]c1=O)c1c(O)ccc2c(=O)c(-c3ccc(O)cc3)coc12. The zero-order chi connectivity index (χ0) is 25.4. The maximum Gasteiger partial charge on any atom is 0.306 e. The predicted octanol–water partition coefficient (Wildman–Crippen LogP) is 4.41. The van der Waals surface area contributed by atoms with E-state index < -0.39 is 17.4 Å². The minimum Gasteiger partial charge on any atom is -0.508 e. The molecule has 8 nitrogen and oxygen atoms in total. The van der Waals surface area contributed by atoms with Crippen LogP contribution in [0.5, 0.6) is 11.5 Å². The lowest BCUT2D eigenvalue weighted by Gasteiger charge is -2.19.